The zero-order valence-electron chi connectivity index (χ0n) is 17.7. The van der Waals surface area contributed by atoms with Crippen molar-refractivity contribution in [2.45, 2.75) is 4.90 Å². The minimum atomic E-state index is -3.68. The first-order chi connectivity index (χ1) is 15.3. The predicted octanol–water partition coefficient (Wildman–Crippen LogP) is 1.52. The molecule has 1 N–H and O–H groups in total. The lowest BCUT2D eigenvalue weighted by atomic mass is 10.2. The van der Waals surface area contributed by atoms with E-state index in [2.05, 4.69) is 10.1 Å². The summed E-state index contributed by atoms with van der Waals surface area (Å²) in [6.07, 6.45) is 0. The zero-order valence-corrected chi connectivity index (χ0v) is 18.5. The van der Waals surface area contributed by atoms with Gasteiger partial charge in [-0.1, -0.05) is 6.07 Å². The van der Waals surface area contributed by atoms with Crippen molar-refractivity contribution < 1.29 is 37.0 Å². The Morgan fingerprint density at radius 2 is 1.81 bits per heavy atom. The summed E-state index contributed by atoms with van der Waals surface area (Å²) in [5.74, 6) is -0.497. The number of benzene rings is 2. The van der Waals surface area contributed by atoms with Crippen LogP contribution in [0.3, 0.4) is 0 Å². The van der Waals surface area contributed by atoms with Crippen LogP contribution in [-0.2, 0) is 24.3 Å². The highest BCUT2D eigenvalue weighted by Gasteiger charge is 2.26. The van der Waals surface area contributed by atoms with Crippen molar-refractivity contribution in [2.75, 3.05) is 52.4 Å². The number of hydrogen-bond acceptors (Lipinski definition) is 8. The average Bonchev–Trinajstić information content (AvgIpc) is 2.82. The molecule has 32 heavy (non-hydrogen) atoms. The predicted molar refractivity (Wildman–Crippen MR) is 114 cm³/mol. The van der Waals surface area contributed by atoms with Gasteiger partial charge < -0.3 is 24.3 Å². The molecule has 10 nitrogen and oxygen atoms in total. The summed E-state index contributed by atoms with van der Waals surface area (Å²) in [6, 6.07) is 10.4. The minimum Gasteiger partial charge on any atom is -0.493 e. The smallest absolute Gasteiger partial charge is 0.337 e. The number of esters is 1. The van der Waals surface area contributed by atoms with Gasteiger partial charge in [0.2, 0.25) is 10.0 Å². The van der Waals surface area contributed by atoms with Crippen LogP contribution in [0.2, 0.25) is 0 Å². The molecule has 0 bridgehead atoms. The highest BCUT2D eigenvalue weighted by Crippen LogP contribution is 2.28. The normalized spacial score (nSPS) is 14.4. The van der Waals surface area contributed by atoms with Crippen LogP contribution in [0.5, 0.6) is 11.5 Å². The number of nitrogens with zero attached hydrogens (tertiary/aromatic N) is 1. The summed E-state index contributed by atoms with van der Waals surface area (Å²) in [7, 11) is -1.01. The second-order valence-corrected chi connectivity index (χ2v) is 8.68. The highest BCUT2D eigenvalue weighted by atomic mass is 32.2. The lowest BCUT2D eigenvalue weighted by molar-refractivity contribution is -0.118. The maximum Gasteiger partial charge on any atom is 0.337 e. The first kappa shape index (κ1) is 23.5. The molecule has 11 heteroatoms. The Labute approximate surface area is 186 Å². The number of rotatable bonds is 8. The lowest BCUT2D eigenvalue weighted by Gasteiger charge is -2.26. The SMILES string of the molecule is COC(=O)c1ccc(OCC(=O)Nc2cccc(S(=O)(=O)N3CCOCC3)c2)c(OC)c1. The van der Waals surface area contributed by atoms with E-state index >= 15 is 0 Å². The van der Waals surface area contributed by atoms with E-state index in [9.17, 15) is 18.0 Å². The van der Waals surface area contributed by atoms with Gasteiger partial charge in [0.1, 0.15) is 0 Å². The molecule has 1 aliphatic heterocycles. The summed E-state index contributed by atoms with van der Waals surface area (Å²) in [4.78, 5) is 24.1. The van der Waals surface area contributed by atoms with Crippen LogP contribution < -0.4 is 14.8 Å². The van der Waals surface area contributed by atoms with Gasteiger partial charge in [0.05, 0.1) is 37.9 Å². The number of methoxy groups -OCH3 is 2. The van der Waals surface area contributed by atoms with E-state index < -0.39 is 21.9 Å². The van der Waals surface area contributed by atoms with Crippen LogP contribution in [0, 0.1) is 0 Å². The molecular weight excluding hydrogens is 440 g/mol. The third-order valence-electron chi connectivity index (χ3n) is 4.67. The quantitative estimate of drug-likeness (QED) is 0.584. The standard InChI is InChI=1S/C21H24N2O8S/c1-28-19-12-15(21(25)29-2)6-7-18(19)31-14-20(24)22-16-4-3-5-17(13-16)32(26,27)23-8-10-30-11-9-23/h3-7,12-13H,8-11,14H2,1-2H3,(H,22,24). The molecule has 172 valence electrons. The minimum absolute atomic E-state index is 0.0817. The van der Waals surface area contributed by atoms with Gasteiger partial charge in [0.25, 0.3) is 5.91 Å². The van der Waals surface area contributed by atoms with Gasteiger partial charge in [-0.25, -0.2) is 13.2 Å². The van der Waals surface area contributed by atoms with Crippen LogP contribution in [0.25, 0.3) is 0 Å². The topological polar surface area (TPSA) is 120 Å². The fraction of sp³-hybridized carbons (Fsp3) is 0.333. The van der Waals surface area contributed by atoms with Crippen molar-refractivity contribution in [1.82, 2.24) is 4.31 Å². The molecule has 1 saturated heterocycles. The van der Waals surface area contributed by atoms with Crippen molar-refractivity contribution >= 4 is 27.6 Å². The molecule has 2 aromatic rings. The molecule has 0 radical (unpaired) electrons. The molecule has 1 heterocycles. The van der Waals surface area contributed by atoms with E-state index in [-0.39, 0.29) is 41.7 Å². The maximum absolute atomic E-state index is 12.8. The Hall–Kier alpha value is -3.15. The Balaban J connectivity index is 1.64. The molecule has 0 aromatic heterocycles. The molecule has 0 spiro atoms. The fourth-order valence-electron chi connectivity index (χ4n) is 3.04. The lowest BCUT2D eigenvalue weighted by Crippen LogP contribution is -2.40. The second-order valence-electron chi connectivity index (χ2n) is 6.74. The highest BCUT2D eigenvalue weighted by molar-refractivity contribution is 7.89. The van der Waals surface area contributed by atoms with Gasteiger partial charge in [-0.05, 0) is 36.4 Å². The largest absolute Gasteiger partial charge is 0.493 e. The molecule has 0 unspecified atom stereocenters. The number of carbonyl (C=O) groups excluding carboxylic acids is 2. The Morgan fingerprint density at radius 1 is 1.06 bits per heavy atom. The van der Waals surface area contributed by atoms with Crippen molar-refractivity contribution in [3.63, 3.8) is 0 Å². The van der Waals surface area contributed by atoms with E-state index in [4.69, 9.17) is 14.2 Å². The van der Waals surface area contributed by atoms with Crippen molar-refractivity contribution in [3.05, 3.63) is 48.0 Å². The molecule has 0 atom stereocenters. The van der Waals surface area contributed by atoms with E-state index in [1.807, 2.05) is 0 Å². The number of morpholine rings is 1. The van der Waals surface area contributed by atoms with E-state index in [1.165, 1.54) is 48.9 Å². The van der Waals surface area contributed by atoms with Gasteiger partial charge in [-0.2, -0.15) is 4.31 Å². The molecule has 1 aliphatic rings. The van der Waals surface area contributed by atoms with E-state index in [0.717, 1.165) is 0 Å². The van der Waals surface area contributed by atoms with Crippen LogP contribution in [-0.4, -0.2) is 71.7 Å². The average molecular weight is 464 g/mol. The third-order valence-corrected chi connectivity index (χ3v) is 6.56. The number of ether oxygens (including phenoxy) is 4. The molecule has 0 aliphatic carbocycles. The van der Waals surface area contributed by atoms with Crippen LogP contribution in [0.1, 0.15) is 10.4 Å². The van der Waals surface area contributed by atoms with Crippen LogP contribution in [0.4, 0.5) is 5.69 Å². The molecule has 1 amide bonds. The molecule has 2 aromatic carbocycles. The zero-order chi connectivity index (χ0) is 23.1. The Kier molecular flexibility index (Phi) is 7.67. The van der Waals surface area contributed by atoms with Gasteiger partial charge in [-0.3, -0.25) is 4.79 Å². The molecule has 1 fully saturated rings. The fourth-order valence-corrected chi connectivity index (χ4v) is 4.50. The maximum atomic E-state index is 12.8. The van der Waals surface area contributed by atoms with Gasteiger partial charge in [-0.15, -0.1) is 0 Å². The third kappa shape index (κ3) is 5.55. The monoisotopic (exact) mass is 464 g/mol. The molecule has 3 rings (SSSR count). The molecular formula is C21H24N2O8S. The first-order valence-electron chi connectivity index (χ1n) is 9.72. The Bertz CT molecular complexity index is 1080. The van der Waals surface area contributed by atoms with Gasteiger partial charge in [0, 0.05) is 18.8 Å². The van der Waals surface area contributed by atoms with Crippen LogP contribution in [0.15, 0.2) is 47.4 Å². The van der Waals surface area contributed by atoms with E-state index in [1.54, 1.807) is 12.1 Å². The number of carbonyl (C=O) groups is 2. The number of nitrogens with one attached hydrogen (secondary N) is 1. The first-order valence-corrected chi connectivity index (χ1v) is 11.2. The number of hydrogen-bond donors (Lipinski definition) is 1. The van der Waals surface area contributed by atoms with Gasteiger partial charge in [0.15, 0.2) is 18.1 Å². The summed E-state index contributed by atoms with van der Waals surface area (Å²) in [5, 5.41) is 2.62. The van der Waals surface area contributed by atoms with Gasteiger partial charge >= 0.3 is 5.97 Å². The number of amides is 1. The van der Waals surface area contributed by atoms with Crippen molar-refractivity contribution in [2.24, 2.45) is 0 Å². The van der Waals surface area contributed by atoms with Crippen LogP contribution >= 0.6 is 0 Å². The molecule has 0 saturated carbocycles. The van der Waals surface area contributed by atoms with Crippen molar-refractivity contribution in [1.29, 1.82) is 0 Å². The second kappa shape index (κ2) is 10.4. The Morgan fingerprint density at radius 3 is 2.50 bits per heavy atom. The summed E-state index contributed by atoms with van der Waals surface area (Å²) in [6.45, 7) is 0.898. The summed E-state index contributed by atoms with van der Waals surface area (Å²) in [5.41, 5.74) is 0.598. The summed E-state index contributed by atoms with van der Waals surface area (Å²) < 4.78 is 47.5. The van der Waals surface area contributed by atoms with Crippen molar-refractivity contribution in [3.8, 4) is 11.5 Å². The number of sulfonamides is 1. The summed E-state index contributed by atoms with van der Waals surface area (Å²) >= 11 is 0. The number of anilines is 1. The van der Waals surface area contributed by atoms with E-state index in [0.29, 0.717) is 18.9 Å².